The molecule has 0 radical (unpaired) electrons. The summed E-state index contributed by atoms with van der Waals surface area (Å²) < 4.78 is 53.4. The van der Waals surface area contributed by atoms with Crippen LogP contribution in [0.2, 0.25) is 0 Å². The first-order valence-corrected chi connectivity index (χ1v) is 11.9. The van der Waals surface area contributed by atoms with E-state index in [1.54, 1.807) is 19.1 Å². The van der Waals surface area contributed by atoms with Gasteiger partial charge in [-0.05, 0) is 43.4 Å². The number of aliphatic hydroxyl groups is 1. The number of carbonyl (C=O) groups is 1. The highest BCUT2D eigenvalue weighted by atomic mass is 31.2. The van der Waals surface area contributed by atoms with Crippen molar-refractivity contribution in [2.75, 3.05) is 13.2 Å². The molecule has 2 N–H and O–H groups in total. The second-order valence-electron chi connectivity index (χ2n) is 7.47. The second-order valence-corrected chi connectivity index (χ2v) is 10.2. The lowest BCUT2D eigenvalue weighted by Crippen LogP contribution is -2.40. The Bertz CT molecular complexity index is 938. The van der Waals surface area contributed by atoms with E-state index in [4.69, 9.17) is 9.26 Å². The van der Waals surface area contributed by atoms with Crippen molar-refractivity contribution in [3.8, 4) is 0 Å². The molecule has 31 heavy (non-hydrogen) atoms. The van der Waals surface area contributed by atoms with Gasteiger partial charge in [0.2, 0.25) is 7.37 Å². The molecule has 0 aromatic heterocycles. The van der Waals surface area contributed by atoms with Crippen LogP contribution in [0.25, 0.3) is 0 Å². The lowest BCUT2D eigenvalue weighted by atomic mass is 10.2. The quantitative estimate of drug-likeness (QED) is 0.505. The first-order chi connectivity index (χ1) is 14.8. The van der Waals surface area contributed by atoms with Crippen LogP contribution in [-0.4, -0.2) is 29.7 Å². The molecule has 0 spiro atoms. The number of hydrogen-bond acceptors (Lipinski definition) is 5. The van der Waals surface area contributed by atoms with Gasteiger partial charge >= 0.3 is 6.09 Å². The molecule has 168 valence electrons. The Labute approximate surface area is 180 Å². The predicted octanol–water partition coefficient (Wildman–Crippen LogP) is 4.80. The fourth-order valence-corrected chi connectivity index (χ4v) is 6.99. The van der Waals surface area contributed by atoms with Gasteiger partial charge in [0.25, 0.3) is 0 Å². The predicted molar refractivity (Wildman–Crippen MR) is 112 cm³/mol. The Kier molecular flexibility index (Phi) is 7.46. The molecular weight excluding hydrogens is 427 g/mol. The number of alkyl carbamates (subject to hydrolysis) is 1. The molecule has 1 unspecified atom stereocenters. The molecule has 2 aromatic rings. The Morgan fingerprint density at radius 3 is 2.48 bits per heavy atom. The molecule has 1 amide bonds. The first kappa shape index (κ1) is 23.4. The summed E-state index contributed by atoms with van der Waals surface area (Å²) in [5.74, 6) is -2.03. The number of amides is 1. The Hall–Kier alpha value is -2.28. The third-order valence-electron chi connectivity index (χ3n) is 5.46. The zero-order chi connectivity index (χ0) is 22.5. The standard InChI is InChI=1S/C22H26F2NO5P/c1-2-30-31(28,15-18-19(23)9-6-10-20(18)24)22(13-17(22)11-12-26)25-21(27)29-14-16-7-4-3-5-8-16/h3-10,17,26H,2,11-15H2,1H3,(H,25,27)/t17-,22+,31?/m1/s1. The van der Waals surface area contributed by atoms with Crippen LogP contribution in [0.3, 0.4) is 0 Å². The molecule has 1 aliphatic rings. The van der Waals surface area contributed by atoms with Gasteiger partial charge in [0, 0.05) is 12.2 Å². The maximum absolute atomic E-state index is 14.3. The average Bonchev–Trinajstić information content (AvgIpc) is 3.44. The van der Waals surface area contributed by atoms with Crippen LogP contribution in [0.15, 0.2) is 48.5 Å². The van der Waals surface area contributed by atoms with Gasteiger partial charge in [-0.2, -0.15) is 0 Å². The fourth-order valence-electron chi connectivity index (χ4n) is 3.81. The van der Waals surface area contributed by atoms with Crippen molar-refractivity contribution in [3.05, 3.63) is 71.3 Å². The minimum Gasteiger partial charge on any atom is -0.445 e. The van der Waals surface area contributed by atoms with E-state index in [0.29, 0.717) is 0 Å². The van der Waals surface area contributed by atoms with Gasteiger partial charge < -0.3 is 19.7 Å². The van der Waals surface area contributed by atoms with E-state index in [2.05, 4.69) is 5.32 Å². The van der Waals surface area contributed by atoms with E-state index in [1.807, 2.05) is 18.2 Å². The number of carbonyl (C=O) groups excluding carboxylic acids is 1. The van der Waals surface area contributed by atoms with E-state index < -0.39 is 36.5 Å². The molecule has 0 saturated heterocycles. The monoisotopic (exact) mass is 453 g/mol. The average molecular weight is 453 g/mol. The highest BCUT2D eigenvalue weighted by Crippen LogP contribution is 2.74. The van der Waals surface area contributed by atoms with Gasteiger partial charge in [0.1, 0.15) is 23.5 Å². The van der Waals surface area contributed by atoms with Crippen molar-refractivity contribution in [2.24, 2.45) is 5.92 Å². The van der Waals surface area contributed by atoms with E-state index in [-0.39, 0.29) is 44.1 Å². The molecule has 9 heteroatoms. The maximum Gasteiger partial charge on any atom is 0.408 e. The third kappa shape index (κ3) is 5.14. The van der Waals surface area contributed by atoms with E-state index in [9.17, 15) is 23.2 Å². The van der Waals surface area contributed by atoms with E-state index >= 15 is 0 Å². The van der Waals surface area contributed by atoms with Crippen molar-refractivity contribution in [3.63, 3.8) is 0 Å². The number of benzene rings is 2. The van der Waals surface area contributed by atoms with Gasteiger partial charge in [-0.1, -0.05) is 36.4 Å². The van der Waals surface area contributed by atoms with Crippen LogP contribution in [0.1, 0.15) is 30.9 Å². The largest absolute Gasteiger partial charge is 0.445 e. The number of nitrogens with one attached hydrogen (secondary N) is 1. The van der Waals surface area contributed by atoms with Crippen LogP contribution in [0.4, 0.5) is 13.6 Å². The van der Waals surface area contributed by atoms with Gasteiger partial charge in [0.15, 0.2) is 0 Å². The number of hydrogen-bond donors (Lipinski definition) is 2. The number of aliphatic hydroxyl groups excluding tert-OH is 1. The van der Waals surface area contributed by atoms with Crippen molar-refractivity contribution >= 4 is 13.5 Å². The molecule has 1 aliphatic carbocycles. The zero-order valence-electron chi connectivity index (χ0n) is 17.2. The minimum atomic E-state index is -3.83. The second kappa shape index (κ2) is 9.90. The summed E-state index contributed by atoms with van der Waals surface area (Å²) in [5.41, 5.74) is 0.420. The SMILES string of the molecule is CCOP(=O)(Cc1c(F)cccc1F)[C@@]1(NC(=O)OCc2ccccc2)C[C@H]1CCO. The normalized spacial score (nSPS) is 21.9. The van der Waals surface area contributed by atoms with Gasteiger partial charge in [-0.25, -0.2) is 13.6 Å². The Morgan fingerprint density at radius 1 is 1.19 bits per heavy atom. The molecule has 3 atom stereocenters. The first-order valence-electron chi connectivity index (χ1n) is 10.1. The molecule has 0 heterocycles. The van der Waals surface area contributed by atoms with Crippen molar-refractivity contribution < 1.29 is 32.5 Å². The van der Waals surface area contributed by atoms with E-state index in [0.717, 1.165) is 17.7 Å². The van der Waals surface area contributed by atoms with Crippen molar-refractivity contribution in [2.45, 2.75) is 37.8 Å². The number of rotatable bonds is 10. The molecule has 1 saturated carbocycles. The highest BCUT2D eigenvalue weighted by molar-refractivity contribution is 7.60. The van der Waals surface area contributed by atoms with Gasteiger partial charge in [0.05, 0.1) is 12.8 Å². The van der Waals surface area contributed by atoms with Crippen LogP contribution in [0.5, 0.6) is 0 Å². The summed E-state index contributed by atoms with van der Waals surface area (Å²) in [4.78, 5) is 12.5. The molecule has 0 bridgehead atoms. The summed E-state index contributed by atoms with van der Waals surface area (Å²) in [7, 11) is -3.83. The van der Waals surface area contributed by atoms with Crippen LogP contribution in [-0.2, 0) is 26.6 Å². The van der Waals surface area contributed by atoms with Crippen molar-refractivity contribution in [1.82, 2.24) is 5.32 Å². The summed E-state index contributed by atoms with van der Waals surface area (Å²) >= 11 is 0. The molecule has 0 aliphatic heterocycles. The molecular formula is C22H26F2NO5P. The Morgan fingerprint density at radius 2 is 1.87 bits per heavy atom. The molecule has 2 aromatic carbocycles. The molecule has 1 fully saturated rings. The molecule has 6 nitrogen and oxygen atoms in total. The zero-order valence-corrected chi connectivity index (χ0v) is 18.1. The summed E-state index contributed by atoms with van der Waals surface area (Å²) in [6, 6.07) is 12.4. The molecule has 3 rings (SSSR count). The van der Waals surface area contributed by atoms with Gasteiger partial charge in [-0.3, -0.25) is 4.57 Å². The van der Waals surface area contributed by atoms with Crippen LogP contribution < -0.4 is 5.32 Å². The minimum absolute atomic E-state index is 0.00823. The van der Waals surface area contributed by atoms with Crippen molar-refractivity contribution in [1.29, 1.82) is 0 Å². The summed E-state index contributed by atoms with van der Waals surface area (Å²) in [6.07, 6.45) is -0.810. The summed E-state index contributed by atoms with van der Waals surface area (Å²) in [5, 5.41) is 10.7. The lowest BCUT2D eigenvalue weighted by Gasteiger charge is -2.29. The number of ether oxygens (including phenoxy) is 1. The maximum atomic E-state index is 14.3. The third-order valence-corrected chi connectivity index (χ3v) is 8.74. The topological polar surface area (TPSA) is 84.9 Å². The van der Waals surface area contributed by atoms with Crippen LogP contribution >= 0.6 is 7.37 Å². The lowest BCUT2D eigenvalue weighted by molar-refractivity contribution is 0.135. The fraction of sp³-hybridized carbons (Fsp3) is 0.409. The highest BCUT2D eigenvalue weighted by Gasteiger charge is 2.67. The summed E-state index contributed by atoms with van der Waals surface area (Å²) in [6.45, 7) is 1.47. The number of halogens is 2. The van der Waals surface area contributed by atoms with Crippen LogP contribution in [0, 0.1) is 17.6 Å². The Balaban J connectivity index is 1.83. The van der Waals surface area contributed by atoms with Gasteiger partial charge in [-0.15, -0.1) is 0 Å². The smallest absolute Gasteiger partial charge is 0.408 e. The van der Waals surface area contributed by atoms with E-state index in [1.165, 1.54) is 6.07 Å².